The van der Waals surface area contributed by atoms with Crippen molar-refractivity contribution in [3.63, 3.8) is 0 Å². The first-order valence-electron chi connectivity index (χ1n) is 17.7. The van der Waals surface area contributed by atoms with Crippen LogP contribution in [0.2, 0.25) is 0 Å². The van der Waals surface area contributed by atoms with Crippen molar-refractivity contribution in [2.45, 2.75) is 107 Å². The molecule has 3 aromatic rings. The van der Waals surface area contributed by atoms with Gasteiger partial charge in [-0.25, -0.2) is 8.42 Å². The van der Waals surface area contributed by atoms with Crippen LogP contribution in [-0.2, 0) is 31.0 Å². The number of nitrogens with zero attached hydrogens (tertiary/aromatic N) is 4. The number of carbonyl (C=O) groups excluding carboxylic acids is 3. The Morgan fingerprint density at radius 3 is 2.68 bits per heavy atom. The number of carbonyl (C=O) groups is 3. The molecule has 1 saturated heterocycles. The van der Waals surface area contributed by atoms with Gasteiger partial charge in [0.25, 0.3) is 11.9 Å². The Labute approximate surface area is 292 Å². The predicted molar refractivity (Wildman–Crippen MR) is 187 cm³/mol. The predicted octanol–water partition coefficient (Wildman–Crippen LogP) is 3.67. The molecule has 2 aromatic heterocycles. The van der Waals surface area contributed by atoms with Crippen molar-refractivity contribution >= 4 is 44.5 Å². The molecule has 14 heteroatoms. The molecular formula is C36H45N7O6S. The van der Waals surface area contributed by atoms with Crippen molar-refractivity contribution in [1.82, 2.24) is 29.5 Å². The van der Waals surface area contributed by atoms with E-state index in [1.807, 2.05) is 60.0 Å². The van der Waals surface area contributed by atoms with Crippen LogP contribution in [0, 0.1) is 5.92 Å². The Balaban J connectivity index is 1.20. The van der Waals surface area contributed by atoms with Gasteiger partial charge in [0.15, 0.2) is 0 Å². The maximum Gasteiger partial charge on any atom is 0.297 e. The van der Waals surface area contributed by atoms with Gasteiger partial charge in [0, 0.05) is 30.8 Å². The lowest BCUT2D eigenvalue weighted by molar-refractivity contribution is -0.140. The topological polar surface area (TPSA) is 165 Å². The highest BCUT2D eigenvalue weighted by atomic mass is 32.2. The summed E-state index contributed by atoms with van der Waals surface area (Å²) < 4.78 is 35.9. The molecule has 2 aliphatic carbocycles. The maximum atomic E-state index is 14.5. The van der Waals surface area contributed by atoms with E-state index >= 15 is 0 Å². The number of rotatable bonds is 8. The second-order valence-corrected chi connectivity index (χ2v) is 16.5. The van der Waals surface area contributed by atoms with E-state index in [-0.39, 0.29) is 31.2 Å². The average Bonchev–Trinajstić information content (AvgIpc) is 3.93. The minimum absolute atomic E-state index is 0.129. The molecule has 4 heterocycles. The van der Waals surface area contributed by atoms with Crippen molar-refractivity contribution in [3.05, 3.63) is 60.9 Å². The lowest BCUT2D eigenvalue weighted by atomic mass is 10.0. The number of benzene rings is 1. The number of imidazole rings is 1. The van der Waals surface area contributed by atoms with Gasteiger partial charge in [0.2, 0.25) is 21.8 Å². The Morgan fingerprint density at radius 1 is 1.12 bits per heavy atom. The fraction of sp³-hybridized carbons (Fsp3) is 0.528. The Hall–Kier alpha value is -4.46. The normalized spacial score (nSPS) is 28.1. The van der Waals surface area contributed by atoms with Gasteiger partial charge in [-0.15, -0.1) is 0 Å². The third-order valence-electron chi connectivity index (χ3n) is 10.7. The standard InChI is InChI=1S/C36H45N7O6S/c1-3-42-29-16-19-37-22-28(29)39-34(42)49-26-20-30-31(44)40-36(33(46)41-50(47,48)35(2)17-18-35)21-24(36)12-8-5-4-6-11-15-27(32(45)43(30)23-26)38-25-13-9-7-10-14-25/h7-10,12-14,16,19,22,24,26-27,30,38H,3-6,11,15,17-18,20-21,23H2,1-2H3,(H,40,44)(H,41,46)/t24-,26-,27+,30+,36-/m1/s1. The third-order valence-corrected chi connectivity index (χ3v) is 12.9. The number of fused-ring (bicyclic) bond motifs is 3. The largest absolute Gasteiger partial charge is 0.459 e. The van der Waals surface area contributed by atoms with Gasteiger partial charge in [-0.2, -0.15) is 4.98 Å². The SMILES string of the molecule is CCn1c(O[C@@H]2C[C@H]3C(=O)N[C@]4(C(=O)NS(=O)(=O)C5(C)CC5)C[C@H]4C=CCCCCC[C@H](Nc4ccccc4)C(=O)N3C2)nc2cnccc21. The highest BCUT2D eigenvalue weighted by Crippen LogP contribution is 2.47. The van der Waals surface area contributed by atoms with Gasteiger partial charge in [-0.3, -0.25) is 28.7 Å². The third kappa shape index (κ3) is 6.57. The smallest absolute Gasteiger partial charge is 0.297 e. The quantitative estimate of drug-likeness (QED) is 0.297. The fourth-order valence-electron chi connectivity index (χ4n) is 7.19. The highest BCUT2D eigenvalue weighted by molar-refractivity contribution is 7.91. The number of allylic oxidation sites excluding steroid dienone is 1. The van der Waals surface area contributed by atoms with Crippen LogP contribution in [0.3, 0.4) is 0 Å². The summed E-state index contributed by atoms with van der Waals surface area (Å²) in [7, 11) is -3.94. The fourth-order valence-corrected chi connectivity index (χ4v) is 8.50. The molecule has 0 unspecified atom stereocenters. The molecule has 3 fully saturated rings. The van der Waals surface area contributed by atoms with E-state index in [2.05, 4.69) is 25.3 Å². The minimum atomic E-state index is -3.94. The summed E-state index contributed by atoms with van der Waals surface area (Å²) in [5.41, 5.74) is 0.896. The molecule has 0 bridgehead atoms. The highest BCUT2D eigenvalue weighted by Gasteiger charge is 2.63. The van der Waals surface area contributed by atoms with Crippen molar-refractivity contribution in [2.75, 3.05) is 11.9 Å². The molecule has 0 spiro atoms. The summed E-state index contributed by atoms with van der Waals surface area (Å²) >= 11 is 0. The zero-order chi connectivity index (χ0) is 35.1. The molecular weight excluding hydrogens is 659 g/mol. The van der Waals surface area contributed by atoms with Crippen molar-refractivity contribution in [2.24, 2.45) is 5.92 Å². The van der Waals surface area contributed by atoms with E-state index < -0.39 is 50.3 Å². The van der Waals surface area contributed by atoms with E-state index in [9.17, 15) is 22.8 Å². The monoisotopic (exact) mass is 703 g/mol. The number of nitrogens with one attached hydrogen (secondary N) is 3. The molecule has 4 aliphatic rings. The van der Waals surface area contributed by atoms with Crippen molar-refractivity contribution in [3.8, 4) is 6.01 Å². The van der Waals surface area contributed by atoms with Gasteiger partial charge < -0.3 is 20.3 Å². The number of ether oxygens (including phenoxy) is 1. The number of aromatic nitrogens is 3. The van der Waals surface area contributed by atoms with Crippen LogP contribution in [0.4, 0.5) is 5.69 Å². The number of sulfonamides is 1. The maximum absolute atomic E-state index is 14.5. The van der Waals surface area contributed by atoms with E-state index in [1.165, 1.54) is 0 Å². The molecule has 7 rings (SSSR count). The first-order valence-corrected chi connectivity index (χ1v) is 19.2. The zero-order valence-electron chi connectivity index (χ0n) is 28.5. The van der Waals surface area contributed by atoms with E-state index in [1.54, 1.807) is 24.2 Å². The molecule has 266 valence electrons. The number of anilines is 1. The molecule has 13 nitrogen and oxygen atoms in total. The summed E-state index contributed by atoms with van der Waals surface area (Å²) in [6.45, 7) is 4.32. The van der Waals surface area contributed by atoms with E-state index in [0.29, 0.717) is 37.3 Å². The van der Waals surface area contributed by atoms with E-state index in [0.717, 1.165) is 36.9 Å². The van der Waals surface area contributed by atoms with Crippen LogP contribution in [0.25, 0.3) is 11.0 Å². The number of hydrogen-bond acceptors (Lipinski definition) is 9. The van der Waals surface area contributed by atoms with Crippen molar-refractivity contribution in [1.29, 1.82) is 0 Å². The summed E-state index contributed by atoms with van der Waals surface area (Å²) in [6, 6.07) is 10.2. The Morgan fingerprint density at radius 2 is 1.92 bits per heavy atom. The van der Waals surface area contributed by atoms with Crippen LogP contribution >= 0.6 is 0 Å². The molecule has 50 heavy (non-hydrogen) atoms. The molecule has 2 saturated carbocycles. The number of amides is 3. The summed E-state index contributed by atoms with van der Waals surface area (Å²) in [5, 5.41) is 6.36. The zero-order valence-corrected chi connectivity index (χ0v) is 29.3. The first kappa shape index (κ1) is 34.0. The average molecular weight is 704 g/mol. The number of hydrogen-bond donors (Lipinski definition) is 3. The number of pyridine rings is 1. The Kier molecular flexibility index (Phi) is 9.08. The molecule has 3 amide bonds. The second kappa shape index (κ2) is 13.3. The van der Waals surface area contributed by atoms with Gasteiger partial charge in [0.05, 0.1) is 23.0 Å². The van der Waals surface area contributed by atoms with Crippen LogP contribution in [0.1, 0.15) is 71.6 Å². The summed E-state index contributed by atoms with van der Waals surface area (Å²) in [6.07, 6.45) is 12.0. The molecule has 2 aliphatic heterocycles. The first-order chi connectivity index (χ1) is 24.0. The lowest BCUT2D eigenvalue weighted by Crippen LogP contribution is -2.58. The van der Waals surface area contributed by atoms with Gasteiger partial charge in [0.1, 0.15) is 29.2 Å². The van der Waals surface area contributed by atoms with Crippen LogP contribution in [0.15, 0.2) is 60.9 Å². The van der Waals surface area contributed by atoms with E-state index in [4.69, 9.17) is 4.74 Å². The summed E-state index contributed by atoms with van der Waals surface area (Å²) in [5.74, 6) is -1.87. The van der Waals surface area contributed by atoms with Gasteiger partial charge in [-0.1, -0.05) is 43.2 Å². The second-order valence-electron chi connectivity index (χ2n) is 14.3. The van der Waals surface area contributed by atoms with Gasteiger partial charge in [-0.05, 0) is 70.6 Å². The van der Waals surface area contributed by atoms with Crippen LogP contribution < -0.4 is 20.1 Å². The molecule has 3 N–H and O–H groups in total. The lowest BCUT2D eigenvalue weighted by Gasteiger charge is -2.30. The molecule has 0 radical (unpaired) electrons. The van der Waals surface area contributed by atoms with Gasteiger partial charge >= 0.3 is 0 Å². The van der Waals surface area contributed by atoms with Crippen LogP contribution in [0.5, 0.6) is 6.01 Å². The molecule has 1 aromatic carbocycles. The number of para-hydroxylation sites is 1. The minimum Gasteiger partial charge on any atom is -0.459 e. The number of aryl methyl sites for hydroxylation is 1. The Bertz CT molecular complexity index is 1910. The van der Waals surface area contributed by atoms with Crippen LogP contribution in [-0.4, -0.2) is 80.6 Å². The molecule has 5 atom stereocenters. The summed E-state index contributed by atoms with van der Waals surface area (Å²) in [4.78, 5) is 53.1. The van der Waals surface area contributed by atoms with Crippen molar-refractivity contribution < 1.29 is 27.5 Å².